The smallest absolute Gasteiger partial charge is 0.226 e. The standard InChI is InChI=1S/C19H30N4O4/c1-12-16(19(26)23-3-5-27-6-4-23)14-10-22(9-13-7-20-21(2)8-13)11-15(14)18(25)17(12)24/h7-8,12,14-18,24-25H,3-6,9-11H2,1-2H3/t12-,14+,15+,16+,17+,18+/m1/s1. The molecule has 2 aliphatic heterocycles. The van der Waals surface area contributed by atoms with Crippen LogP contribution < -0.4 is 0 Å². The van der Waals surface area contributed by atoms with Crippen molar-refractivity contribution in [2.75, 3.05) is 39.4 Å². The van der Waals surface area contributed by atoms with E-state index in [2.05, 4.69) is 10.00 Å². The number of ether oxygens (including phenoxy) is 1. The minimum atomic E-state index is -0.861. The van der Waals surface area contributed by atoms with Gasteiger partial charge in [0.25, 0.3) is 0 Å². The molecule has 1 saturated carbocycles. The molecule has 1 aliphatic carbocycles. The molecule has 4 rings (SSSR count). The predicted octanol–water partition coefficient (Wildman–Crippen LogP) is -0.685. The van der Waals surface area contributed by atoms with Gasteiger partial charge in [0.2, 0.25) is 5.91 Å². The first-order chi connectivity index (χ1) is 13.0. The number of aryl methyl sites for hydroxylation is 1. The molecule has 3 aliphatic rings. The summed E-state index contributed by atoms with van der Waals surface area (Å²) < 4.78 is 7.16. The van der Waals surface area contributed by atoms with Crippen LogP contribution >= 0.6 is 0 Å². The quantitative estimate of drug-likeness (QED) is 0.724. The van der Waals surface area contributed by atoms with E-state index < -0.39 is 12.2 Å². The first kappa shape index (κ1) is 18.9. The molecule has 6 atom stereocenters. The minimum absolute atomic E-state index is 0.0606. The zero-order chi connectivity index (χ0) is 19.1. The van der Waals surface area contributed by atoms with E-state index in [9.17, 15) is 15.0 Å². The molecule has 0 spiro atoms. The van der Waals surface area contributed by atoms with Gasteiger partial charge in [0, 0.05) is 63.4 Å². The van der Waals surface area contributed by atoms with E-state index in [-0.39, 0.29) is 29.6 Å². The SMILES string of the molecule is C[C@H]1[C@H](O)[C@@H](O)[C@H]2CN(Cc3cnn(C)c3)C[C@@H]2[C@H]1C(=O)N1CCOCC1. The van der Waals surface area contributed by atoms with Gasteiger partial charge in [-0.15, -0.1) is 0 Å². The minimum Gasteiger partial charge on any atom is -0.390 e. The van der Waals surface area contributed by atoms with Crippen molar-refractivity contribution in [3.05, 3.63) is 18.0 Å². The van der Waals surface area contributed by atoms with Crippen molar-refractivity contribution in [1.29, 1.82) is 0 Å². The van der Waals surface area contributed by atoms with Crippen LogP contribution in [0, 0.1) is 23.7 Å². The zero-order valence-corrected chi connectivity index (χ0v) is 16.1. The highest BCUT2D eigenvalue weighted by molar-refractivity contribution is 5.80. The maximum atomic E-state index is 13.3. The predicted molar refractivity (Wildman–Crippen MR) is 97.5 cm³/mol. The molecule has 2 N–H and O–H groups in total. The maximum Gasteiger partial charge on any atom is 0.226 e. The fourth-order valence-corrected chi connectivity index (χ4v) is 5.19. The normalized spacial score (nSPS) is 37.4. The van der Waals surface area contributed by atoms with Crippen LogP contribution in [0.3, 0.4) is 0 Å². The van der Waals surface area contributed by atoms with Gasteiger partial charge in [-0.1, -0.05) is 6.92 Å². The van der Waals surface area contributed by atoms with Gasteiger partial charge in [0.1, 0.15) is 0 Å². The van der Waals surface area contributed by atoms with E-state index in [1.807, 2.05) is 31.3 Å². The van der Waals surface area contributed by atoms with Gasteiger partial charge in [-0.3, -0.25) is 14.4 Å². The summed E-state index contributed by atoms with van der Waals surface area (Å²) in [6.07, 6.45) is 2.20. The van der Waals surface area contributed by atoms with Crippen LogP contribution in [0.2, 0.25) is 0 Å². The maximum absolute atomic E-state index is 13.3. The first-order valence-corrected chi connectivity index (χ1v) is 9.88. The average molecular weight is 378 g/mol. The topological polar surface area (TPSA) is 91.1 Å². The molecule has 150 valence electrons. The highest BCUT2D eigenvalue weighted by Gasteiger charge is 2.54. The van der Waals surface area contributed by atoms with Crippen LogP contribution in [-0.4, -0.2) is 87.3 Å². The second kappa shape index (κ2) is 7.50. The van der Waals surface area contributed by atoms with Crippen molar-refractivity contribution in [2.24, 2.45) is 30.7 Å². The fourth-order valence-electron chi connectivity index (χ4n) is 5.19. The summed E-state index contributed by atoms with van der Waals surface area (Å²) in [5.74, 6) is -0.427. The number of hydrogen-bond acceptors (Lipinski definition) is 6. The number of aliphatic hydroxyl groups excluding tert-OH is 2. The Morgan fingerprint density at radius 1 is 1.22 bits per heavy atom. The molecule has 1 amide bonds. The molecule has 3 fully saturated rings. The molecule has 8 heteroatoms. The molecule has 3 heterocycles. The number of carbonyl (C=O) groups excluding carboxylic acids is 1. The number of amides is 1. The van der Waals surface area contributed by atoms with Crippen molar-refractivity contribution in [3.8, 4) is 0 Å². The lowest BCUT2D eigenvalue weighted by atomic mass is 9.65. The van der Waals surface area contributed by atoms with E-state index in [4.69, 9.17) is 4.74 Å². The number of rotatable bonds is 3. The summed E-state index contributed by atoms with van der Waals surface area (Å²) in [4.78, 5) is 17.4. The molecule has 8 nitrogen and oxygen atoms in total. The third-order valence-electron chi connectivity index (χ3n) is 6.62. The summed E-state index contributed by atoms with van der Waals surface area (Å²) in [5.41, 5.74) is 1.12. The van der Waals surface area contributed by atoms with Gasteiger partial charge in [0.05, 0.1) is 31.6 Å². The molecule has 1 aromatic heterocycles. The van der Waals surface area contributed by atoms with E-state index in [0.29, 0.717) is 32.8 Å². The Bertz CT molecular complexity index is 674. The highest BCUT2D eigenvalue weighted by atomic mass is 16.5. The molecule has 27 heavy (non-hydrogen) atoms. The van der Waals surface area contributed by atoms with Crippen LogP contribution in [0.1, 0.15) is 12.5 Å². The highest BCUT2D eigenvalue weighted by Crippen LogP contribution is 2.44. The number of nitrogens with zero attached hydrogens (tertiary/aromatic N) is 4. The molecule has 2 saturated heterocycles. The van der Waals surface area contributed by atoms with Gasteiger partial charge in [0.15, 0.2) is 0 Å². The average Bonchev–Trinajstić information content (AvgIpc) is 3.27. The Kier molecular flexibility index (Phi) is 5.24. The van der Waals surface area contributed by atoms with Crippen molar-refractivity contribution in [1.82, 2.24) is 19.6 Å². The van der Waals surface area contributed by atoms with Gasteiger partial charge < -0.3 is 19.8 Å². The number of aliphatic hydroxyl groups is 2. The molecule has 0 radical (unpaired) electrons. The van der Waals surface area contributed by atoms with Crippen molar-refractivity contribution in [3.63, 3.8) is 0 Å². The lowest BCUT2D eigenvalue weighted by Crippen LogP contribution is -2.57. The summed E-state index contributed by atoms with van der Waals surface area (Å²) in [7, 11) is 1.89. The summed E-state index contributed by atoms with van der Waals surface area (Å²) in [6, 6.07) is 0. The number of carbonyl (C=O) groups is 1. The zero-order valence-electron chi connectivity index (χ0n) is 16.1. The summed E-state index contributed by atoms with van der Waals surface area (Å²) in [6.45, 7) is 6.45. The fraction of sp³-hybridized carbons (Fsp3) is 0.789. The van der Waals surface area contributed by atoms with Crippen molar-refractivity contribution >= 4 is 5.91 Å². The number of likely N-dealkylation sites (tertiary alicyclic amines) is 1. The third-order valence-corrected chi connectivity index (χ3v) is 6.62. The van der Waals surface area contributed by atoms with Gasteiger partial charge in [-0.05, 0) is 11.8 Å². The van der Waals surface area contributed by atoms with E-state index >= 15 is 0 Å². The monoisotopic (exact) mass is 378 g/mol. The lowest BCUT2D eigenvalue weighted by molar-refractivity contribution is -0.158. The summed E-state index contributed by atoms with van der Waals surface area (Å²) in [5, 5.41) is 25.5. The van der Waals surface area contributed by atoms with Crippen LogP contribution in [0.25, 0.3) is 0 Å². The van der Waals surface area contributed by atoms with Crippen molar-refractivity contribution < 1.29 is 19.7 Å². The lowest BCUT2D eigenvalue weighted by Gasteiger charge is -2.45. The molecule has 0 bridgehead atoms. The second-order valence-electron chi connectivity index (χ2n) is 8.35. The van der Waals surface area contributed by atoms with Gasteiger partial charge in [-0.25, -0.2) is 0 Å². The van der Waals surface area contributed by atoms with Crippen LogP contribution in [0.5, 0.6) is 0 Å². The van der Waals surface area contributed by atoms with Gasteiger partial charge >= 0.3 is 0 Å². The Hall–Kier alpha value is -1.48. The van der Waals surface area contributed by atoms with Crippen molar-refractivity contribution in [2.45, 2.75) is 25.7 Å². The molecular formula is C19H30N4O4. The number of morpholine rings is 1. The molecule has 0 aromatic carbocycles. The van der Waals surface area contributed by atoms with Crippen LogP contribution in [0.15, 0.2) is 12.4 Å². The van der Waals surface area contributed by atoms with E-state index in [1.165, 1.54) is 0 Å². The largest absolute Gasteiger partial charge is 0.390 e. The number of fused-ring (bicyclic) bond motifs is 1. The first-order valence-electron chi connectivity index (χ1n) is 9.88. The summed E-state index contributed by atoms with van der Waals surface area (Å²) >= 11 is 0. The number of hydrogen-bond donors (Lipinski definition) is 2. The Balaban J connectivity index is 1.53. The molecule has 1 aromatic rings. The molecular weight excluding hydrogens is 348 g/mol. The van der Waals surface area contributed by atoms with E-state index in [0.717, 1.165) is 18.7 Å². The number of aromatic nitrogens is 2. The second-order valence-corrected chi connectivity index (χ2v) is 8.35. The third kappa shape index (κ3) is 3.51. The molecule has 0 unspecified atom stereocenters. The Morgan fingerprint density at radius 3 is 2.59 bits per heavy atom. The van der Waals surface area contributed by atoms with E-state index in [1.54, 1.807) is 4.68 Å². The Labute approximate surface area is 159 Å². The van der Waals surface area contributed by atoms with Gasteiger partial charge in [-0.2, -0.15) is 5.10 Å². The van der Waals surface area contributed by atoms with Crippen LogP contribution in [0.4, 0.5) is 0 Å². The van der Waals surface area contributed by atoms with Crippen LogP contribution in [-0.2, 0) is 23.1 Å². The Morgan fingerprint density at radius 2 is 1.93 bits per heavy atom.